The standard InChI is InChI=1S/C38H38BNO8/c1-48-22-26-19-31-36(38(45)40(37(31)44)28-11-7-10-27(20-28)39(46)47)32(21-41)35(26)34(43)17-14-24(23-8-3-2-4-9-23)18-25-15-16-33(42)30-13-6-5-12-29(25)30/h2-13,15-16,18,20,31-32,34,36,41-43,46-47H,14,17,19,21-22H2,1H3/b24-18-/t31-,32+,34-,36-/m1/s1. The van der Waals surface area contributed by atoms with Crippen LogP contribution >= 0.6 is 0 Å². The molecule has 6 rings (SSSR count). The summed E-state index contributed by atoms with van der Waals surface area (Å²) < 4.78 is 5.50. The van der Waals surface area contributed by atoms with Gasteiger partial charge in [0.15, 0.2) is 0 Å². The predicted molar refractivity (Wildman–Crippen MR) is 185 cm³/mol. The second-order valence-electron chi connectivity index (χ2n) is 12.4. The van der Waals surface area contributed by atoms with Crippen LogP contribution in [-0.2, 0) is 14.3 Å². The number of aromatic hydroxyl groups is 1. The van der Waals surface area contributed by atoms with Gasteiger partial charge in [-0.25, -0.2) is 0 Å². The number of methoxy groups -OCH3 is 1. The van der Waals surface area contributed by atoms with Crippen LogP contribution in [0.5, 0.6) is 5.75 Å². The summed E-state index contributed by atoms with van der Waals surface area (Å²) in [6.07, 6.45) is 1.93. The van der Waals surface area contributed by atoms with Crippen molar-refractivity contribution in [2.45, 2.75) is 25.4 Å². The van der Waals surface area contributed by atoms with Crippen molar-refractivity contribution in [3.63, 3.8) is 0 Å². The third-order valence-corrected chi connectivity index (χ3v) is 9.58. The third kappa shape index (κ3) is 6.33. The van der Waals surface area contributed by atoms with Gasteiger partial charge in [-0.05, 0) is 76.2 Å². The highest BCUT2D eigenvalue weighted by atomic mass is 16.5. The monoisotopic (exact) mass is 647 g/mol. The molecule has 0 radical (unpaired) electrons. The molecule has 1 fully saturated rings. The van der Waals surface area contributed by atoms with Gasteiger partial charge in [-0.2, -0.15) is 0 Å². The molecule has 2 amide bonds. The number of anilines is 1. The van der Waals surface area contributed by atoms with Gasteiger partial charge in [0.1, 0.15) is 5.75 Å². The first kappa shape index (κ1) is 33.3. The number of phenols is 1. The van der Waals surface area contributed by atoms with Crippen LogP contribution in [0.2, 0.25) is 0 Å². The minimum absolute atomic E-state index is 0.126. The van der Waals surface area contributed by atoms with Gasteiger partial charge in [0, 0.05) is 18.4 Å². The number of fused-ring (bicyclic) bond motifs is 2. The lowest BCUT2D eigenvalue weighted by molar-refractivity contribution is -0.123. The fraction of sp³-hybridized carbons (Fsp3) is 0.263. The lowest BCUT2D eigenvalue weighted by Crippen LogP contribution is -2.39. The number of carbonyl (C=O) groups is 2. The molecule has 10 heteroatoms. The number of amides is 2. The third-order valence-electron chi connectivity index (χ3n) is 9.58. The second kappa shape index (κ2) is 14.3. The van der Waals surface area contributed by atoms with Crippen LogP contribution in [0.1, 0.15) is 30.4 Å². The molecule has 1 saturated heterocycles. The van der Waals surface area contributed by atoms with E-state index in [1.807, 2.05) is 60.7 Å². The number of ether oxygens (including phenoxy) is 1. The van der Waals surface area contributed by atoms with Crippen molar-refractivity contribution in [2.75, 3.05) is 25.2 Å². The average molecular weight is 648 g/mol. The summed E-state index contributed by atoms with van der Waals surface area (Å²) in [5, 5.41) is 54.0. The van der Waals surface area contributed by atoms with E-state index in [0.717, 1.165) is 32.4 Å². The zero-order valence-electron chi connectivity index (χ0n) is 26.6. The molecule has 0 unspecified atom stereocenters. The molecule has 9 nitrogen and oxygen atoms in total. The normalized spacial score (nSPS) is 20.4. The number of carbonyl (C=O) groups excluding carboxylic acids is 2. The number of allylic oxidation sites excluding steroid dienone is 1. The molecule has 48 heavy (non-hydrogen) atoms. The van der Waals surface area contributed by atoms with E-state index in [2.05, 4.69) is 6.08 Å². The van der Waals surface area contributed by atoms with E-state index in [1.165, 1.54) is 19.2 Å². The minimum atomic E-state index is -1.77. The number of phenolic OH excluding ortho intramolecular Hbond substituents is 1. The summed E-state index contributed by atoms with van der Waals surface area (Å²) in [4.78, 5) is 28.7. The summed E-state index contributed by atoms with van der Waals surface area (Å²) in [6, 6.07) is 26.9. The summed E-state index contributed by atoms with van der Waals surface area (Å²) in [5.41, 5.74) is 4.40. The van der Waals surface area contributed by atoms with E-state index in [4.69, 9.17) is 4.74 Å². The number of imide groups is 1. The number of aliphatic hydroxyl groups excluding tert-OH is 2. The van der Waals surface area contributed by atoms with Crippen LogP contribution < -0.4 is 10.4 Å². The first-order valence-corrected chi connectivity index (χ1v) is 16.0. The second-order valence-corrected chi connectivity index (χ2v) is 12.4. The molecule has 1 aliphatic carbocycles. The zero-order valence-corrected chi connectivity index (χ0v) is 26.6. The largest absolute Gasteiger partial charge is 0.507 e. The summed E-state index contributed by atoms with van der Waals surface area (Å²) >= 11 is 0. The molecule has 2 aliphatic rings. The SMILES string of the molecule is COCC1=C([C@H](O)CC/C(=C/c2ccc(O)c3ccccc23)c2ccccc2)[C@H](CO)[C@@H]2C(=O)N(c3cccc(B(O)O)c3)C(=O)[C@@H]2C1. The van der Waals surface area contributed by atoms with Gasteiger partial charge in [-0.15, -0.1) is 0 Å². The summed E-state index contributed by atoms with van der Waals surface area (Å²) in [7, 11) is -0.251. The number of aliphatic hydroxyl groups is 2. The Labute approximate surface area is 279 Å². The molecule has 4 aromatic rings. The van der Waals surface area contributed by atoms with Crippen LogP contribution in [0.4, 0.5) is 5.69 Å². The van der Waals surface area contributed by atoms with Crippen molar-refractivity contribution in [2.24, 2.45) is 17.8 Å². The molecule has 0 bridgehead atoms. The van der Waals surface area contributed by atoms with Crippen molar-refractivity contribution >= 4 is 52.5 Å². The fourth-order valence-corrected chi connectivity index (χ4v) is 7.36. The van der Waals surface area contributed by atoms with Crippen molar-refractivity contribution < 1.29 is 39.7 Å². The highest BCUT2D eigenvalue weighted by Crippen LogP contribution is 2.47. The Morgan fingerprint density at radius 2 is 1.69 bits per heavy atom. The van der Waals surface area contributed by atoms with Crippen molar-refractivity contribution in [1.82, 2.24) is 0 Å². The van der Waals surface area contributed by atoms with Gasteiger partial charge >= 0.3 is 7.12 Å². The molecule has 1 heterocycles. The van der Waals surface area contributed by atoms with Crippen LogP contribution in [0, 0.1) is 17.8 Å². The smallest absolute Gasteiger partial charge is 0.488 e. The molecule has 5 N–H and O–H groups in total. The van der Waals surface area contributed by atoms with Crippen LogP contribution in [-0.4, -0.2) is 70.7 Å². The Kier molecular flexibility index (Phi) is 9.91. The van der Waals surface area contributed by atoms with Gasteiger partial charge < -0.3 is 30.1 Å². The van der Waals surface area contributed by atoms with Gasteiger partial charge in [0.05, 0.1) is 36.8 Å². The maximum atomic E-state index is 13.9. The molecule has 4 atom stereocenters. The molecule has 0 aromatic heterocycles. The van der Waals surface area contributed by atoms with E-state index in [0.29, 0.717) is 17.6 Å². The Balaban J connectivity index is 1.32. The molecular formula is C38H38BNO8. The predicted octanol–water partition coefficient (Wildman–Crippen LogP) is 3.67. The van der Waals surface area contributed by atoms with E-state index in [1.54, 1.807) is 18.2 Å². The number of rotatable bonds is 11. The van der Waals surface area contributed by atoms with Crippen LogP contribution in [0.15, 0.2) is 102 Å². The van der Waals surface area contributed by atoms with Crippen LogP contribution in [0.3, 0.4) is 0 Å². The van der Waals surface area contributed by atoms with Gasteiger partial charge in [0.2, 0.25) is 11.8 Å². The van der Waals surface area contributed by atoms with Crippen LogP contribution in [0.25, 0.3) is 22.4 Å². The highest BCUT2D eigenvalue weighted by molar-refractivity contribution is 6.58. The lowest BCUT2D eigenvalue weighted by atomic mass is 9.68. The minimum Gasteiger partial charge on any atom is -0.507 e. The molecule has 1 aliphatic heterocycles. The molecule has 0 saturated carbocycles. The first-order chi connectivity index (χ1) is 23.2. The van der Waals surface area contributed by atoms with Gasteiger partial charge in [-0.3, -0.25) is 14.5 Å². The topological polar surface area (TPSA) is 148 Å². The number of hydrogen-bond donors (Lipinski definition) is 5. The number of benzene rings is 4. The summed E-state index contributed by atoms with van der Waals surface area (Å²) in [5.74, 6) is -3.23. The fourth-order valence-electron chi connectivity index (χ4n) is 7.36. The first-order valence-electron chi connectivity index (χ1n) is 16.0. The maximum Gasteiger partial charge on any atom is 0.488 e. The van der Waals surface area contributed by atoms with Crippen molar-refractivity contribution in [1.29, 1.82) is 0 Å². The number of hydrogen-bond acceptors (Lipinski definition) is 8. The van der Waals surface area contributed by atoms with Gasteiger partial charge in [0.25, 0.3) is 0 Å². The Hall–Kier alpha value is -4.58. The molecule has 0 spiro atoms. The van der Waals surface area contributed by atoms with Crippen molar-refractivity contribution in [3.05, 3.63) is 113 Å². The van der Waals surface area contributed by atoms with E-state index >= 15 is 0 Å². The Bertz CT molecular complexity index is 1890. The Morgan fingerprint density at radius 1 is 0.958 bits per heavy atom. The van der Waals surface area contributed by atoms with E-state index in [9.17, 15) is 35.0 Å². The lowest BCUT2D eigenvalue weighted by Gasteiger charge is -2.36. The van der Waals surface area contributed by atoms with Crippen molar-refractivity contribution in [3.8, 4) is 5.75 Å². The molecular weight excluding hydrogens is 609 g/mol. The Morgan fingerprint density at radius 3 is 2.40 bits per heavy atom. The van der Waals surface area contributed by atoms with E-state index in [-0.39, 0.29) is 36.3 Å². The quantitative estimate of drug-likeness (QED) is 0.0718. The van der Waals surface area contributed by atoms with E-state index < -0.39 is 49.4 Å². The highest BCUT2D eigenvalue weighted by Gasteiger charge is 2.55. The van der Waals surface area contributed by atoms with Gasteiger partial charge in [-0.1, -0.05) is 78.9 Å². The molecule has 4 aromatic carbocycles. The maximum absolute atomic E-state index is 13.9. The molecule has 246 valence electrons. The average Bonchev–Trinajstić information content (AvgIpc) is 3.35. The number of nitrogens with zero attached hydrogens (tertiary/aromatic N) is 1. The summed E-state index contributed by atoms with van der Waals surface area (Å²) in [6.45, 7) is -0.329. The zero-order chi connectivity index (χ0) is 33.9.